The molecule has 0 radical (unpaired) electrons. The van der Waals surface area contributed by atoms with Crippen molar-refractivity contribution in [3.8, 4) is 0 Å². The molecular weight excluding hydrogens is 190 g/mol. The second-order valence-electron chi connectivity index (χ2n) is 3.85. The van der Waals surface area contributed by atoms with Crippen molar-refractivity contribution in [3.63, 3.8) is 0 Å². The first-order chi connectivity index (χ1) is 7.13. The lowest BCUT2D eigenvalue weighted by Crippen LogP contribution is -2.29. The molecule has 1 aromatic rings. The molecule has 0 aliphatic heterocycles. The Morgan fingerprint density at radius 1 is 1.60 bits per heavy atom. The highest BCUT2D eigenvalue weighted by Crippen LogP contribution is 1.95. The zero-order chi connectivity index (χ0) is 11.3. The van der Waals surface area contributed by atoms with E-state index in [-0.39, 0.29) is 5.69 Å². The number of aromatic nitrogens is 2. The molecule has 1 atom stereocenters. The highest BCUT2D eigenvalue weighted by Gasteiger charge is 2.02. The number of nitrogens with one attached hydrogen (secondary N) is 1. The summed E-state index contributed by atoms with van der Waals surface area (Å²) in [6, 6.07) is 0.433. The number of aryl methyl sites for hydroxylation is 2. The van der Waals surface area contributed by atoms with E-state index in [2.05, 4.69) is 24.1 Å². The fraction of sp³-hybridized carbons (Fsp3) is 0.636. The Labute approximate surface area is 90.3 Å². The third kappa shape index (κ3) is 3.83. The summed E-state index contributed by atoms with van der Waals surface area (Å²) in [4.78, 5) is 15.2. The number of nitrogens with zero attached hydrogens (tertiary/aromatic N) is 2. The molecule has 4 nitrogen and oxygen atoms in total. The lowest BCUT2D eigenvalue weighted by Gasteiger charge is -2.12. The van der Waals surface area contributed by atoms with Gasteiger partial charge in [0.05, 0.1) is 0 Å². The summed E-state index contributed by atoms with van der Waals surface area (Å²) in [6.45, 7) is 7.83. The molecule has 0 saturated carbocycles. The predicted molar refractivity (Wildman–Crippen MR) is 61.0 cm³/mol. The average molecular weight is 209 g/mol. The van der Waals surface area contributed by atoms with Crippen molar-refractivity contribution in [2.75, 3.05) is 6.54 Å². The van der Waals surface area contributed by atoms with Gasteiger partial charge in [0.25, 0.3) is 0 Å². The quantitative estimate of drug-likeness (QED) is 0.785. The molecule has 1 aromatic heterocycles. The Morgan fingerprint density at radius 3 is 3.00 bits per heavy atom. The molecular formula is C11H19N3O. The van der Waals surface area contributed by atoms with Crippen molar-refractivity contribution in [2.45, 2.75) is 39.8 Å². The van der Waals surface area contributed by atoms with Crippen molar-refractivity contribution >= 4 is 0 Å². The van der Waals surface area contributed by atoms with Crippen LogP contribution in [0, 0.1) is 6.92 Å². The normalized spacial score (nSPS) is 12.7. The summed E-state index contributed by atoms with van der Waals surface area (Å²) in [6.07, 6.45) is 4.40. The van der Waals surface area contributed by atoms with Crippen molar-refractivity contribution < 1.29 is 0 Å². The van der Waals surface area contributed by atoms with Crippen LogP contribution in [0.4, 0.5) is 0 Å². The van der Waals surface area contributed by atoms with E-state index in [0.29, 0.717) is 6.04 Å². The van der Waals surface area contributed by atoms with Crippen molar-refractivity contribution in [1.82, 2.24) is 14.9 Å². The van der Waals surface area contributed by atoms with Crippen molar-refractivity contribution in [2.24, 2.45) is 0 Å². The minimum absolute atomic E-state index is 0.163. The van der Waals surface area contributed by atoms with E-state index in [9.17, 15) is 4.79 Å². The zero-order valence-electron chi connectivity index (χ0n) is 9.66. The van der Waals surface area contributed by atoms with Gasteiger partial charge in [0, 0.05) is 25.0 Å². The molecule has 0 aliphatic carbocycles. The Balaban J connectivity index is 2.57. The molecule has 0 bridgehead atoms. The molecule has 0 aromatic carbocycles. The van der Waals surface area contributed by atoms with Gasteiger partial charge in [-0.2, -0.15) is 0 Å². The molecule has 1 unspecified atom stereocenters. The van der Waals surface area contributed by atoms with E-state index in [1.165, 1.54) is 0 Å². The third-order valence-corrected chi connectivity index (χ3v) is 2.34. The summed E-state index contributed by atoms with van der Waals surface area (Å²) in [5.41, 5.74) is 0.856. The maximum Gasteiger partial charge on any atom is 0.347 e. The SMILES string of the molecule is CCNC(C)CCn1cc(C)cnc1=O. The van der Waals surface area contributed by atoms with E-state index in [4.69, 9.17) is 0 Å². The third-order valence-electron chi connectivity index (χ3n) is 2.34. The topological polar surface area (TPSA) is 46.9 Å². The molecule has 0 amide bonds. The van der Waals surface area contributed by atoms with Gasteiger partial charge in [0.15, 0.2) is 0 Å². The van der Waals surface area contributed by atoms with Gasteiger partial charge in [-0.3, -0.25) is 4.57 Å². The number of hydrogen-bond donors (Lipinski definition) is 1. The standard InChI is InChI=1S/C11H19N3O/c1-4-12-10(3)5-6-14-8-9(2)7-13-11(14)15/h7-8,10,12H,4-6H2,1-3H3. The monoisotopic (exact) mass is 209 g/mol. The van der Waals surface area contributed by atoms with Crippen LogP contribution in [-0.4, -0.2) is 22.1 Å². The van der Waals surface area contributed by atoms with E-state index < -0.39 is 0 Å². The number of hydrogen-bond acceptors (Lipinski definition) is 3. The van der Waals surface area contributed by atoms with Crippen LogP contribution in [0.1, 0.15) is 25.8 Å². The summed E-state index contributed by atoms with van der Waals surface area (Å²) >= 11 is 0. The van der Waals surface area contributed by atoms with Gasteiger partial charge >= 0.3 is 5.69 Å². The van der Waals surface area contributed by atoms with Crippen molar-refractivity contribution in [3.05, 3.63) is 28.4 Å². The van der Waals surface area contributed by atoms with E-state index >= 15 is 0 Å². The summed E-state index contributed by atoms with van der Waals surface area (Å²) < 4.78 is 1.67. The molecule has 4 heteroatoms. The van der Waals surface area contributed by atoms with Crippen LogP contribution < -0.4 is 11.0 Å². The van der Waals surface area contributed by atoms with Crippen LogP contribution in [0.5, 0.6) is 0 Å². The molecule has 0 aliphatic rings. The fourth-order valence-electron chi connectivity index (χ4n) is 1.51. The van der Waals surface area contributed by atoms with Gasteiger partial charge in [-0.15, -0.1) is 0 Å². The summed E-state index contributed by atoms with van der Waals surface area (Å²) in [7, 11) is 0. The van der Waals surface area contributed by atoms with Crippen LogP contribution in [0.15, 0.2) is 17.2 Å². The summed E-state index contributed by atoms with van der Waals surface area (Å²) in [5.74, 6) is 0. The maximum absolute atomic E-state index is 11.4. The smallest absolute Gasteiger partial charge is 0.314 e. The molecule has 84 valence electrons. The Morgan fingerprint density at radius 2 is 2.33 bits per heavy atom. The minimum atomic E-state index is -0.163. The fourth-order valence-corrected chi connectivity index (χ4v) is 1.51. The van der Waals surface area contributed by atoms with Gasteiger partial charge in [-0.25, -0.2) is 9.78 Å². The first-order valence-electron chi connectivity index (χ1n) is 5.40. The first kappa shape index (κ1) is 11.9. The van der Waals surface area contributed by atoms with Gasteiger partial charge in [0.2, 0.25) is 0 Å². The Hall–Kier alpha value is -1.16. The predicted octanol–water partition coefficient (Wildman–Crippen LogP) is 0.940. The van der Waals surface area contributed by atoms with Crippen LogP contribution in [0.2, 0.25) is 0 Å². The molecule has 0 saturated heterocycles. The summed E-state index contributed by atoms with van der Waals surface area (Å²) in [5, 5.41) is 3.31. The zero-order valence-corrected chi connectivity index (χ0v) is 9.66. The largest absolute Gasteiger partial charge is 0.347 e. The second kappa shape index (κ2) is 5.66. The highest BCUT2D eigenvalue weighted by molar-refractivity contribution is 4.99. The lowest BCUT2D eigenvalue weighted by molar-refractivity contribution is 0.478. The highest BCUT2D eigenvalue weighted by atomic mass is 16.1. The van der Waals surface area contributed by atoms with Crippen LogP contribution in [-0.2, 0) is 6.54 Å². The van der Waals surface area contributed by atoms with Crippen LogP contribution >= 0.6 is 0 Å². The van der Waals surface area contributed by atoms with Gasteiger partial charge in [0.1, 0.15) is 0 Å². The van der Waals surface area contributed by atoms with Crippen LogP contribution in [0.25, 0.3) is 0 Å². The van der Waals surface area contributed by atoms with Gasteiger partial charge in [-0.1, -0.05) is 6.92 Å². The molecule has 0 fully saturated rings. The van der Waals surface area contributed by atoms with Crippen molar-refractivity contribution in [1.29, 1.82) is 0 Å². The van der Waals surface area contributed by atoms with Crippen LogP contribution in [0.3, 0.4) is 0 Å². The molecule has 1 heterocycles. The minimum Gasteiger partial charge on any atom is -0.314 e. The van der Waals surface area contributed by atoms with E-state index in [1.807, 2.05) is 13.1 Å². The molecule has 15 heavy (non-hydrogen) atoms. The average Bonchev–Trinajstić information content (AvgIpc) is 2.20. The Kier molecular flexibility index (Phi) is 4.49. The first-order valence-corrected chi connectivity index (χ1v) is 5.40. The molecule has 0 spiro atoms. The lowest BCUT2D eigenvalue weighted by atomic mass is 10.2. The number of rotatable bonds is 5. The second-order valence-corrected chi connectivity index (χ2v) is 3.85. The molecule has 1 N–H and O–H groups in total. The van der Waals surface area contributed by atoms with Gasteiger partial charge < -0.3 is 5.32 Å². The maximum atomic E-state index is 11.4. The van der Waals surface area contributed by atoms with Gasteiger partial charge in [-0.05, 0) is 32.4 Å². The van der Waals surface area contributed by atoms with E-state index in [0.717, 1.165) is 25.1 Å². The Bertz CT molecular complexity index is 359. The molecule has 1 rings (SSSR count). The van der Waals surface area contributed by atoms with E-state index in [1.54, 1.807) is 10.8 Å².